The summed E-state index contributed by atoms with van der Waals surface area (Å²) in [7, 11) is 0. The summed E-state index contributed by atoms with van der Waals surface area (Å²) in [6.07, 6.45) is 5.37. The lowest BCUT2D eigenvalue weighted by Crippen LogP contribution is -2.38. The Kier molecular flexibility index (Phi) is 4.52. The van der Waals surface area contributed by atoms with E-state index in [1.807, 2.05) is 24.3 Å². The van der Waals surface area contributed by atoms with Gasteiger partial charge in [-0.2, -0.15) is 4.98 Å². The van der Waals surface area contributed by atoms with Crippen LogP contribution in [0, 0.1) is 0 Å². The molecule has 1 aromatic carbocycles. The summed E-state index contributed by atoms with van der Waals surface area (Å²) in [5, 5.41) is 4.80. The highest BCUT2D eigenvalue weighted by atomic mass is 35.5. The molecule has 3 rings (SSSR count). The van der Waals surface area contributed by atoms with E-state index < -0.39 is 5.54 Å². The predicted molar refractivity (Wildman–Crippen MR) is 84.3 cm³/mol. The molecule has 2 aromatic rings. The van der Waals surface area contributed by atoms with Gasteiger partial charge in [-0.05, 0) is 37.1 Å². The van der Waals surface area contributed by atoms with Crippen LogP contribution in [-0.4, -0.2) is 10.1 Å². The average molecular weight is 324 g/mol. The summed E-state index contributed by atoms with van der Waals surface area (Å²) in [6.45, 7) is 0. The maximum absolute atomic E-state index is 6.40. The molecule has 1 fully saturated rings. The average Bonchev–Trinajstić information content (AvgIpc) is 2.97. The monoisotopic (exact) mass is 323 g/mol. The molecule has 112 valence electrons. The number of aromatic nitrogens is 2. The van der Waals surface area contributed by atoms with E-state index in [2.05, 4.69) is 10.1 Å². The van der Waals surface area contributed by atoms with Crippen molar-refractivity contribution in [1.82, 2.24) is 10.1 Å². The number of nitrogens with zero attached hydrogens (tertiary/aromatic N) is 2. The molecule has 1 aliphatic rings. The fourth-order valence-corrected chi connectivity index (χ4v) is 3.46. The Bertz CT molecular complexity index is 593. The van der Waals surface area contributed by atoms with Crippen molar-refractivity contribution in [2.24, 2.45) is 5.73 Å². The summed E-state index contributed by atoms with van der Waals surface area (Å²) in [6, 6.07) is 7.73. The Labute approximate surface area is 133 Å². The molecule has 0 unspecified atom stereocenters. The van der Waals surface area contributed by atoms with E-state index in [0.717, 1.165) is 35.6 Å². The summed E-state index contributed by atoms with van der Waals surface area (Å²) in [4.78, 5) is 5.62. The highest BCUT2D eigenvalue weighted by Crippen LogP contribution is 2.34. The lowest BCUT2D eigenvalue weighted by molar-refractivity contribution is 0.219. The minimum Gasteiger partial charge on any atom is -0.337 e. The molecule has 1 aliphatic carbocycles. The fraction of sp³-hybridized carbons (Fsp3) is 0.467. The quantitative estimate of drug-likeness (QED) is 0.857. The van der Waals surface area contributed by atoms with Gasteiger partial charge in [-0.1, -0.05) is 36.0 Å². The van der Waals surface area contributed by atoms with Gasteiger partial charge < -0.3 is 10.3 Å². The van der Waals surface area contributed by atoms with Gasteiger partial charge in [-0.15, -0.1) is 11.8 Å². The summed E-state index contributed by atoms with van der Waals surface area (Å²) >= 11 is 7.53. The predicted octanol–water partition coefficient (Wildman–Crippen LogP) is 4.13. The lowest BCUT2D eigenvalue weighted by atomic mass is 9.82. The summed E-state index contributed by atoms with van der Waals surface area (Å²) in [5.41, 5.74) is 5.98. The minimum absolute atomic E-state index is 0.422. The normalized spacial score (nSPS) is 17.8. The molecule has 4 nitrogen and oxygen atoms in total. The third-order valence-electron chi connectivity index (χ3n) is 3.82. The van der Waals surface area contributed by atoms with Crippen LogP contribution in [0.15, 0.2) is 33.7 Å². The molecule has 6 heteroatoms. The molecule has 2 N–H and O–H groups in total. The fourth-order valence-electron chi connectivity index (χ4n) is 2.59. The van der Waals surface area contributed by atoms with E-state index >= 15 is 0 Å². The van der Waals surface area contributed by atoms with Crippen LogP contribution in [0.4, 0.5) is 0 Å². The van der Waals surface area contributed by atoms with Crippen molar-refractivity contribution in [2.75, 3.05) is 0 Å². The van der Waals surface area contributed by atoms with Gasteiger partial charge >= 0.3 is 0 Å². The van der Waals surface area contributed by atoms with Gasteiger partial charge in [-0.25, -0.2) is 0 Å². The number of benzene rings is 1. The highest BCUT2D eigenvalue weighted by molar-refractivity contribution is 7.98. The number of nitrogens with two attached hydrogens (primary N) is 1. The number of halogens is 1. The number of hydrogen-bond donors (Lipinski definition) is 1. The molecule has 0 amide bonds. The molecule has 0 radical (unpaired) electrons. The molecule has 1 heterocycles. The van der Waals surface area contributed by atoms with E-state index in [4.69, 9.17) is 21.9 Å². The van der Waals surface area contributed by atoms with Crippen LogP contribution < -0.4 is 5.73 Å². The third-order valence-corrected chi connectivity index (χ3v) is 5.08. The van der Waals surface area contributed by atoms with Crippen molar-refractivity contribution < 1.29 is 4.52 Å². The molecule has 21 heavy (non-hydrogen) atoms. The standard InChI is InChI=1S/C15H18ClN3OS/c16-11-4-6-12(7-5-11)21-10-13-18-14(20-19-13)15(17)8-2-1-3-9-15/h4-7H,1-3,8-10,17H2. The SMILES string of the molecule is NC1(c2nc(CSc3ccc(Cl)cc3)no2)CCCCC1. The van der Waals surface area contributed by atoms with Crippen LogP contribution >= 0.6 is 23.4 Å². The van der Waals surface area contributed by atoms with Crippen LogP contribution in [0.25, 0.3) is 0 Å². The van der Waals surface area contributed by atoms with Crippen molar-refractivity contribution in [3.63, 3.8) is 0 Å². The molecule has 1 aromatic heterocycles. The molecular formula is C15H18ClN3OS. The molecule has 0 aliphatic heterocycles. The zero-order chi connectivity index (χ0) is 14.7. The Balaban J connectivity index is 1.63. The highest BCUT2D eigenvalue weighted by Gasteiger charge is 2.35. The van der Waals surface area contributed by atoms with Crippen molar-refractivity contribution in [1.29, 1.82) is 0 Å². The molecule has 0 spiro atoms. The molecule has 0 bridgehead atoms. The first-order valence-corrected chi connectivity index (χ1v) is 8.52. The summed E-state index contributed by atoms with van der Waals surface area (Å²) in [5.74, 6) is 1.95. The van der Waals surface area contributed by atoms with Gasteiger partial charge in [0.15, 0.2) is 5.82 Å². The van der Waals surface area contributed by atoms with Gasteiger partial charge in [0.05, 0.1) is 11.3 Å². The van der Waals surface area contributed by atoms with Gasteiger partial charge in [0.1, 0.15) is 0 Å². The smallest absolute Gasteiger partial charge is 0.246 e. The second-order valence-corrected chi connectivity index (χ2v) is 6.96. The maximum Gasteiger partial charge on any atom is 0.246 e. The van der Waals surface area contributed by atoms with Crippen molar-refractivity contribution in [3.8, 4) is 0 Å². The van der Waals surface area contributed by atoms with Crippen LogP contribution in [0.2, 0.25) is 5.02 Å². The lowest BCUT2D eigenvalue weighted by Gasteiger charge is -2.29. The molecule has 0 atom stereocenters. The largest absolute Gasteiger partial charge is 0.337 e. The van der Waals surface area contributed by atoms with E-state index in [1.165, 1.54) is 6.42 Å². The molecule has 1 saturated carbocycles. The van der Waals surface area contributed by atoms with Crippen LogP contribution in [0.3, 0.4) is 0 Å². The first-order chi connectivity index (χ1) is 10.2. The van der Waals surface area contributed by atoms with Crippen LogP contribution in [0.1, 0.15) is 43.8 Å². The Morgan fingerprint density at radius 1 is 1.19 bits per heavy atom. The second kappa shape index (κ2) is 6.38. The number of hydrogen-bond acceptors (Lipinski definition) is 5. The minimum atomic E-state index is -0.422. The second-order valence-electron chi connectivity index (χ2n) is 5.48. The zero-order valence-corrected chi connectivity index (χ0v) is 13.3. The van der Waals surface area contributed by atoms with E-state index in [1.54, 1.807) is 11.8 Å². The Morgan fingerprint density at radius 2 is 1.90 bits per heavy atom. The Morgan fingerprint density at radius 3 is 2.62 bits per heavy atom. The first-order valence-electron chi connectivity index (χ1n) is 7.16. The maximum atomic E-state index is 6.40. The van der Waals surface area contributed by atoms with E-state index in [0.29, 0.717) is 17.5 Å². The Hall–Kier alpha value is -1.04. The van der Waals surface area contributed by atoms with E-state index in [-0.39, 0.29) is 0 Å². The summed E-state index contributed by atoms with van der Waals surface area (Å²) < 4.78 is 5.39. The number of thioether (sulfide) groups is 1. The molecule has 0 saturated heterocycles. The van der Waals surface area contributed by atoms with Gasteiger partial charge in [0, 0.05) is 9.92 Å². The van der Waals surface area contributed by atoms with Crippen molar-refractivity contribution >= 4 is 23.4 Å². The molecular weight excluding hydrogens is 306 g/mol. The third kappa shape index (κ3) is 3.59. The zero-order valence-electron chi connectivity index (χ0n) is 11.7. The van der Waals surface area contributed by atoms with Crippen LogP contribution in [0.5, 0.6) is 0 Å². The van der Waals surface area contributed by atoms with Gasteiger partial charge in [-0.3, -0.25) is 0 Å². The topological polar surface area (TPSA) is 64.9 Å². The van der Waals surface area contributed by atoms with E-state index in [9.17, 15) is 0 Å². The van der Waals surface area contributed by atoms with Crippen molar-refractivity contribution in [2.45, 2.75) is 48.3 Å². The first kappa shape index (κ1) is 14.9. The van der Waals surface area contributed by atoms with Gasteiger partial charge in [0.25, 0.3) is 0 Å². The van der Waals surface area contributed by atoms with Crippen molar-refractivity contribution in [3.05, 3.63) is 41.0 Å². The van der Waals surface area contributed by atoms with Gasteiger partial charge in [0.2, 0.25) is 5.89 Å². The van der Waals surface area contributed by atoms with Crippen LogP contribution in [-0.2, 0) is 11.3 Å². The number of rotatable bonds is 4.